The quantitative estimate of drug-likeness (QED) is 0.859. The predicted octanol–water partition coefficient (Wildman–Crippen LogP) is 0.875. The molecular weight excluding hydrogens is 292 g/mol. The molecule has 0 spiro atoms. The number of ether oxygens (including phenoxy) is 1. The molecule has 0 saturated carbocycles. The number of nitrogens with one attached hydrogen (secondary N) is 1. The minimum atomic E-state index is 0.0718. The molecule has 1 aliphatic carbocycles. The van der Waals surface area contributed by atoms with Gasteiger partial charge in [0.15, 0.2) is 0 Å². The molecule has 2 heterocycles. The molecule has 3 rings (SSSR count). The minimum Gasteiger partial charge on any atom is -0.383 e. The third-order valence-electron chi connectivity index (χ3n) is 4.46. The van der Waals surface area contributed by atoms with Crippen LogP contribution in [0.1, 0.15) is 23.2 Å². The van der Waals surface area contributed by atoms with Crippen LogP contribution in [-0.4, -0.2) is 34.1 Å². The fourth-order valence-electron chi connectivity index (χ4n) is 3.25. The van der Waals surface area contributed by atoms with Gasteiger partial charge in [0.2, 0.25) is 0 Å². The lowest BCUT2D eigenvalue weighted by Crippen LogP contribution is -2.37. The highest BCUT2D eigenvalue weighted by atomic mass is 16.5. The lowest BCUT2D eigenvalue weighted by molar-refractivity contribution is 0.184. The van der Waals surface area contributed by atoms with Gasteiger partial charge in [-0.05, 0) is 24.8 Å². The summed E-state index contributed by atoms with van der Waals surface area (Å²) < 4.78 is 8.81. The van der Waals surface area contributed by atoms with E-state index in [-0.39, 0.29) is 5.56 Å². The van der Waals surface area contributed by atoms with Crippen molar-refractivity contribution in [3.8, 4) is 0 Å². The second kappa shape index (κ2) is 7.10. The van der Waals surface area contributed by atoms with E-state index in [2.05, 4.69) is 10.4 Å². The monoisotopic (exact) mass is 316 g/mol. The van der Waals surface area contributed by atoms with Crippen molar-refractivity contribution >= 4 is 0 Å². The molecule has 0 radical (unpaired) electrons. The molecule has 0 fully saturated rings. The number of hydrogen-bond acceptors (Lipinski definition) is 4. The number of methoxy groups -OCH3 is 1. The smallest absolute Gasteiger partial charge is 0.250 e. The molecule has 0 saturated heterocycles. The summed E-state index contributed by atoms with van der Waals surface area (Å²) in [5.74, 6) is 0. The first-order chi connectivity index (χ1) is 11.2. The third kappa shape index (κ3) is 3.71. The summed E-state index contributed by atoms with van der Waals surface area (Å²) in [5.41, 5.74) is 3.72. The van der Waals surface area contributed by atoms with Crippen molar-refractivity contribution < 1.29 is 4.74 Å². The number of nitrogens with zero attached hydrogens (tertiary/aromatic N) is 3. The third-order valence-corrected chi connectivity index (χ3v) is 4.46. The van der Waals surface area contributed by atoms with E-state index in [1.54, 1.807) is 13.2 Å². The number of aryl methyl sites for hydroxylation is 1. The zero-order chi connectivity index (χ0) is 16.2. The Hall–Kier alpha value is -1.92. The highest BCUT2D eigenvalue weighted by Crippen LogP contribution is 2.20. The summed E-state index contributed by atoms with van der Waals surface area (Å²) in [5, 5.41) is 7.80. The number of aromatic nitrogens is 3. The Labute approximate surface area is 136 Å². The lowest BCUT2D eigenvalue weighted by atomic mass is 9.91. The van der Waals surface area contributed by atoms with Crippen LogP contribution in [0.3, 0.4) is 0 Å². The summed E-state index contributed by atoms with van der Waals surface area (Å²) in [6, 6.07) is 4.10. The molecule has 0 unspecified atom stereocenters. The molecule has 1 aliphatic rings. The van der Waals surface area contributed by atoms with E-state index >= 15 is 0 Å². The maximum atomic E-state index is 12.1. The van der Waals surface area contributed by atoms with Crippen molar-refractivity contribution in [1.29, 1.82) is 0 Å². The first-order valence-electron chi connectivity index (χ1n) is 8.09. The molecule has 6 heteroatoms. The Kier molecular flexibility index (Phi) is 4.93. The minimum absolute atomic E-state index is 0.0718. The molecule has 2 aromatic heterocycles. The number of pyridine rings is 1. The molecule has 1 N–H and O–H groups in total. The Morgan fingerprint density at radius 2 is 2.30 bits per heavy atom. The van der Waals surface area contributed by atoms with Crippen LogP contribution in [0.25, 0.3) is 0 Å². The molecule has 124 valence electrons. The van der Waals surface area contributed by atoms with Gasteiger partial charge in [0.1, 0.15) is 0 Å². The molecule has 0 bridgehead atoms. The standard InChI is InChI=1S/C17H24N4O2/c1-20-12-13(11-19-20)10-18-15-4-5-16-14(9-15)3-6-17(22)21(16)7-8-23-2/h3,6,11-12,15,18H,4-5,7-10H2,1-2H3/t15-/m0/s1. The van der Waals surface area contributed by atoms with Gasteiger partial charge in [-0.25, -0.2) is 0 Å². The van der Waals surface area contributed by atoms with Crippen molar-refractivity contribution in [3.63, 3.8) is 0 Å². The fraction of sp³-hybridized carbons (Fsp3) is 0.529. The van der Waals surface area contributed by atoms with Crippen LogP contribution in [-0.2, 0) is 37.7 Å². The zero-order valence-corrected chi connectivity index (χ0v) is 13.8. The van der Waals surface area contributed by atoms with Gasteiger partial charge in [-0.15, -0.1) is 0 Å². The van der Waals surface area contributed by atoms with Gasteiger partial charge in [-0.1, -0.05) is 6.07 Å². The molecule has 23 heavy (non-hydrogen) atoms. The number of fused-ring (bicyclic) bond motifs is 1. The van der Waals surface area contributed by atoms with Crippen molar-refractivity contribution in [2.75, 3.05) is 13.7 Å². The SMILES string of the molecule is COCCn1c2c(ccc1=O)C[C@@H](NCc1cnn(C)c1)CC2. The normalized spacial score (nSPS) is 17.2. The van der Waals surface area contributed by atoms with E-state index in [9.17, 15) is 4.79 Å². The van der Waals surface area contributed by atoms with Crippen LogP contribution in [0.15, 0.2) is 29.3 Å². The van der Waals surface area contributed by atoms with Gasteiger partial charge in [0.25, 0.3) is 5.56 Å². The number of hydrogen-bond donors (Lipinski definition) is 1. The predicted molar refractivity (Wildman–Crippen MR) is 88.4 cm³/mol. The molecule has 1 atom stereocenters. The first kappa shape index (κ1) is 16.0. The largest absolute Gasteiger partial charge is 0.383 e. The van der Waals surface area contributed by atoms with Crippen LogP contribution in [0.2, 0.25) is 0 Å². The lowest BCUT2D eigenvalue weighted by Gasteiger charge is -2.27. The van der Waals surface area contributed by atoms with Crippen LogP contribution in [0, 0.1) is 0 Å². The Balaban J connectivity index is 1.67. The molecule has 2 aromatic rings. The van der Waals surface area contributed by atoms with Crippen LogP contribution in [0.4, 0.5) is 0 Å². The Bertz CT molecular complexity index is 720. The highest BCUT2D eigenvalue weighted by Gasteiger charge is 2.21. The fourth-order valence-corrected chi connectivity index (χ4v) is 3.25. The molecule has 0 amide bonds. The van der Waals surface area contributed by atoms with E-state index in [0.717, 1.165) is 25.8 Å². The highest BCUT2D eigenvalue weighted by molar-refractivity contribution is 5.25. The van der Waals surface area contributed by atoms with Gasteiger partial charge in [0, 0.05) is 56.8 Å². The van der Waals surface area contributed by atoms with Crippen molar-refractivity contribution in [3.05, 3.63) is 51.7 Å². The van der Waals surface area contributed by atoms with E-state index in [0.29, 0.717) is 19.2 Å². The Morgan fingerprint density at radius 1 is 1.43 bits per heavy atom. The van der Waals surface area contributed by atoms with E-state index in [4.69, 9.17) is 4.74 Å². The molecule has 6 nitrogen and oxygen atoms in total. The Morgan fingerprint density at radius 3 is 3.04 bits per heavy atom. The van der Waals surface area contributed by atoms with Gasteiger partial charge in [-0.3, -0.25) is 9.48 Å². The van der Waals surface area contributed by atoms with Crippen LogP contribution >= 0.6 is 0 Å². The topological polar surface area (TPSA) is 61.1 Å². The van der Waals surface area contributed by atoms with Gasteiger partial charge >= 0.3 is 0 Å². The summed E-state index contributed by atoms with van der Waals surface area (Å²) in [4.78, 5) is 12.1. The average Bonchev–Trinajstić information content (AvgIpc) is 2.97. The molecule has 0 aliphatic heterocycles. The van der Waals surface area contributed by atoms with Crippen molar-refractivity contribution in [2.24, 2.45) is 7.05 Å². The maximum absolute atomic E-state index is 12.1. The van der Waals surface area contributed by atoms with Crippen molar-refractivity contribution in [2.45, 2.75) is 38.4 Å². The average molecular weight is 316 g/mol. The molecular formula is C17H24N4O2. The van der Waals surface area contributed by atoms with Gasteiger partial charge < -0.3 is 14.6 Å². The number of rotatable bonds is 6. The first-order valence-corrected chi connectivity index (χ1v) is 8.09. The summed E-state index contributed by atoms with van der Waals surface area (Å²) in [7, 11) is 3.60. The summed E-state index contributed by atoms with van der Waals surface area (Å²) >= 11 is 0. The summed E-state index contributed by atoms with van der Waals surface area (Å²) in [6.07, 6.45) is 6.87. The zero-order valence-electron chi connectivity index (χ0n) is 13.8. The summed E-state index contributed by atoms with van der Waals surface area (Å²) in [6.45, 7) is 2.03. The molecule has 0 aromatic carbocycles. The van der Waals surface area contributed by atoms with Crippen LogP contribution in [0.5, 0.6) is 0 Å². The second-order valence-corrected chi connectivity index (χ2v) is 6.13. The maximum Gasteiger partial charge on any atom is 0.250 e. The van der Waals surface area contributed by atoms with Gasteiger partial charge in [-0.2, -0.15) is 5.10 Å². The second-order valence-electron chi connectivity index (χ2n) is 6.13. The van der Waals surface area contributed by atoms with Crippen molar-refractivity contribution in [1.82, 2.24) is 19.7 Å². The van der Waals surface area contributed by atoms with E-state index in [1.807, 2.05) is 34.8 Å². The van der Waals surface area contributed by atoms with Gasteiger partial charge in [0.05, 0.1) is 12.8 Å². The van der Waals surface area contributed by atoms with Crippen LogP contribution < -0.4 is 10.9 Å². The van der Waals surface area contributed by atoms with E-state index < -0.39 is 0 Å². The van der Waals surface area contributed by atoms with E-state index in [1.165, 1.54) is 16.8 Å².